The summed E-state index contributed by atoms with van der Waals surface area (Å²) in [5.41, 5.74) is 2.13. The van der Waals surface area contributed by atoms with Crippen molar-refractivity contribution in [3.63, 3.8) is 0 Å². The molecule has 0 unspecified atom stereocenters. The highest BCUT2D eigenvalue weighted by atomic mass is 35.5. The van der Waals surface area contributed by atoms with E-state index in [1.165, 1.54) is 25.9 Å². The van der Waals surface area contributed by atoms with E-state index >= 15 is 0 Å². The summed E-state index contributed by atoms with van der Waals surface area (Å²) in [7, 11) is 0. The van der Waals surface area contributed by atoms with Gasteiger partial charge >= 0.3 is 0 Å². The lowest BCUT2D eigenvalue weighted by atomic mass is 10.3. The molecule has 0 saturated carbocycles. The van der Waals surface area contributed by atoms with E-state index in [0.717, 1.165) is 35.0 Å². The van der Waals surface area contributed by atoms with E-state index in [1.54, 1.807) is 0 Å². The van der Waals surface area contributed by atoms with E-state index in [1.807, 2.05) is 12.1 Å². The van der Waals surface area contributed by atoms with Gasteiger partial charge in [-0.1, -0.05) is 11.6 Å². The highest BCUT2D eigenvalue weighted by Gasteiger charge is 2.14. The number of benzene rings is 1. The highest BCUT2D eigenvalue weighted by molar-refractivity contribution is 7.79. The summed E-state index contributed by atoms with van der Waals surface area (Å²) in [6.45, 7) is 4.53. The molecule has 1 saturated heterocycles. The second-order valence-electron chi connectivity index (χ2n) is 5.02. The third kappa shape index (κ3) is 2.76. The molecule has 0 radical (unpaired) electrons. The summed E-state index contributed by atoms with van der Waals surface area (Å²) in [6.07, 6.45) is 2.67. The van der Waals surface area contributed by atoms with Crippen LogP contribution in [0, 0.1) is 0 Å². The van der Waals surface area contributed by atoms with Gasteiger partial charge in [0.2, 0.25) is 0 Å². The van der Waals surface area contributed by atoms with E-state index < -0.39 is 0 Å². The lowest BCUT2D eigenvalue weighted by molar-refractivity contribution is 0.323. The number of nitrogens with zero attached hydrogens (tertiary/aromatic N) is 3. The minimum absolute atomic E-state index is 0.659. The zero-order valence-electron chi connectivity index (χ0n) is 10.8. The molecule has 2 aromatic rings. The smallest absolute Gasteiger partial charge is 0.119 e. The van der Waals surface area contributed by atoms with Crippen molar-refractivity contribution in [1.29, 1.82) is 0 Å². The third-order valence-electron chi connectivity index (χ3n) is 3.77. The lowest BCUT2D eigenvalue weighted by Crippen LogP contribution is -2.24. The molecule has 102 valence electrons. The number of fused-ring (bicyclic) bond motifs is 1. The van der Waals surface area contributed by atoms with Crippen LogP contribution in [-0.2, 0) is 12.3 Å². The molecule has 1 fully saturated rings. The van der Waals surface area contributed by atoms with Gasteiger partial charge in [-0.05, 0) is 44.1 Å². The van der Waals surface area contributed by atoms with Crippen LogP contribution in [0.1, 0.15) is 18.7 Å². The van der Waals surface area contributed by atoms with Crippen LogP contribution in [0.3, 0.4) is 0 Å². The number of rotatable bonds is 4. The number of imidazole rings is 1. The number of aromatic nitrogens is 2. The molecule has 0 atom stereocenters. The fourth-order valence-corrected chi connectivity index (χ4v) is 3.18. The fraction of sp³-hybridized carbons (Fsp3) is 0.500. The predicted molar refractivity (Wildman–Crippen MR) is 83.1 cm³/mol. The van der Waals surface area contributed by atoms with Gasteiger partial charge < -0.3 is 9.47 Å². The van der Waals surface area contributed by atoms with Gasteiger partial charge in [0.1, 0.15) is 5.82 Å². The summed E-state index contributed by atoms with van der Waals surface area (Å²) < 4.78 is 2.27. The molecule has 0 amide bonds. The van der Waals surface area contributed by atoms with Crippen molar-refractivity contribution < 1.29 is 0 Å². The Hall–Kier alpha value is -0.710. The minimum atomic E-state index is 0.659. The van der Waals surface area contributed by atoms with Gasteiger partial charge in [-0.25, -0.2) is 4.98 Å². The van der Waals surface area contributed by atoms with Crippen molar-refractivity contribution in [2.45, 2.75) is 25.1 Å². The Morgan fingerprint density at radius 3 is 2.74 bits per heavy atom. The summed E-state index contributed by atoms with van der Waals surface area (Å²) in [4.78, 5) is 7.14. The van der Waals surface area contributed by atoms with Gasteiger partial charge in [0.25, 0.3) is 0 Å². The van der Waals surface area contributed by atoms with Crippen LogP contribution in [0.4, 0.5) is 0 Å². The molecular weight excluding hydrogens is 278 g/mol. The van der Waals surface area contributed by atoms with E-state index in [2.05, 4.69) is 33.1 Å². The van der Waals surface area contributed by atoms with Gasteiger partial charge in [-0.2, -0.15) is 12.6 Å². The van der Waals surface area contributed by atoms with Crippen LogP contribution in [0.15, 0.2) is 18.2 Å². The Bertz CT molecular complexity index is 575. The molecule has 0 bridgehead atoms. The third-order valence-corrected chi connectivity index (χ3v) is 4.29. The van der Waals surface area contributed by atoms with Crippen LogP contribution >= 0.6 is 24.2 Å². The van der Waals surface area contributed by atoms with E-state index in [0.29, 0.717) is 5.75 Å². The quantitative estimate of drug-likeness (QED) is 0.875. The molecule has 0 N–H and O–H groups in total. The average Bonchev–Trinajstić information content (AvgIpc) is 3.02. The van der Waals surface area contributed by atoms with Crippen molar-refractivity contribution in [1.82, 2.24) is 14.5 Å². The molecule has 2 heterocycles. The van der Waals surface area contributed by atoms with Crippen LogP contribution < -0.4 is 0 Å². The maximum Gasteiger partial charge on any atom is 0.119 e. The first-order valence-electron chi connectivity index (χ1n) is 6.76. The van der Waals surface area contributed by atoms with Gasteiger partial charge in [0, 0.05) is 23.9 Å². The van der Waals surface area contributed by atoms with Gasteiger partial charge in [-0.3, -0.25) is 0 Å². The molecule has 1 aliphatic heterocycles. The SMILES string of the molecule is SCc1nc2cc(Cl)ccc2n1CCN1CCCC1. The summed E-state index contributed by atoms with van der Waals surface area (Å²) in [5.74, 6) is 1.69. The second kappa shape index (κ2) is 5.73. The highest BCUT2D eigenvalue weighted by Crippen LogP contribution is 2.21. The monoisotopic (exact) mass is 295 g/mol. The molecule has 3 rings (SSSR count). The van der Waals surface area contributed by atoms with E-state index in [9.17, 15) is 0 Å². The maximum absolute atomic E-state index is 6.03. The van der Waals surface area contributed by atoms with Crippen LogP contribution in [0.25, 0.3) is 11.0 Å². The van der Waals surface area contributed by atoms with E-state index in [-0.39, 0.29) is 0 Å². The zero-order chi connectivity index (χ0) is 13.2. The number of thiol groups is 1. The fourth-order valence-electron chi connectivity index (χ4n) is 2.77. The number of halogens is 1. The Morgan fingerprint density at radius 2 is 2.00 bits per heavy atom. The largest absolute Gasteiger partial charge is 0.326 e. The molecule has 0 aliphatic carbocycles. The first kappa shape index (κ1) is 13.3. The maximum atomic E-state index is 6.03. The average molecular weight is 296 g/mol. The Labute approximate surface area is 124 Å². The molecule has 3 nitrogen and oxygen atoms in total. The second-order valence-corrected chi connectivity index (χ2v) is 5.77. The topological polar surface area (TPSA) is 21.1 Å². The molecule has 1 aromatic carbocycles. The first-order chi connectivity index (χ1) is 9.28. The summed E-state index contributed by atoms with van der Waals surface area (Å²) in [6, 6.07) is 5.91. The van der Waals surface area contributed by atoms with Crippen molar-refractivity contribution >= 4 is 35.3 Å². The van der Waals surface area contributed by atoms with Crippen molar-refractivity contribution in [2.24, 2.45) is 0 Å². The Morgan fingerprint density at radius 1 is 1.21 bits per heavy atom. The normalized spacial score (nSPS) is 16.5. The molecule has 1 aromatic heterocycles. The van der Waals surface area contributed by atoms with Gasteiger partial charge in [-0.15, -0.1) is 0 Å². The molecule has 1 aliphatic rings. The number of hydrogen-bond donors (Lipinski definition) is 1. The summed E-state index contributed by atoms with van der Waals surface area (Å²) in [5, 5.41) is 0.738. The van der Waals surface area contributed by atoms with Crippen molar-refractivity contribution in [3.8, 4) is 0 Å². The molecule has 5 heteroatoms. The Kier molecular flexibility index (Phi) is 4.01. The van der Waals surface area contributed by atoms with Crippen molar-refractivity contribution in [3.05, 3.63) is 29.0 Å². The van der Waals surface area contributed by atoms with Gasteiger partial charge in [0.05, 0.1) is 11.0 Å². The predicted octanol–water partition coefficient (Wildman–Crippen LogP) is 3.22. The minimum Gasteiger partial charge on any atom is -0.326 e. The Balaban J connectivity index is 1.87. The number of hydrogen-bond acceptors (Lipinski definition) is 3. The van der Waals surface area contributed by atoms with E-state index in [4.69, 9.17) is 11.6 Å². The molecule has 0 spiro atoms. The molecular formula is C14H18ClN3S. The summed E-state index contributed by atoms with van der Waals surface area (Å²) >= 11 is 10.4. The number of likely N-dealkylation sites (tertiary alicyclic amines) is 1. The molecule has 19 heavy (non-hydrogen) atoms. The lowest BCUT2D eigenvalue weighted by Gasteiger charge is -2.16. The van der Waals surface area contributed by atoms with Crippen LogP contribution in [0.2, 0.25) is 5.02 Å². The van der Waals surface area contributed by atoms with Crippen molar-refractivity contribution in [2.75, 3.05) is 19.6 Å². The van der Waals surface area contributed by atoms with Crippen LogP contribution in [0.5, 0.6) is 0 Å². The zero-order valence-corrected chi connectivity index (χ0v) is 12.5. The first-order valence-corrected chi connectivity index (χ1v) is 7.77. The van der Waals surface area contributed by atoms with Gasteiger partial charge in [0.15, 0.2) is 0 Å². The van der Waals surface area contributed by atoms with Crippen LogP contribution in [-0.4, -0.2) is 34.1 Å². The standard InChI is InChI=1S/C14H18ClN3S/c15-11-3-4-13-12(9-11)16-14(10-19)18(13)8-7-17-5-1-2-6-17/h3-4,9,19H,1-2,5-8,10H2.